The lowest BCUT2D eigenvalue weighted by Crippen LogP contribution is -2.39. The number of amides is 2. The summed E-state index contributed by atoms with van der Waals surface area (Å²) in [6, 6.07) is -0.241. The molecule has 0 unspecified atom stereocenters. The predicted molar refractivity (Wildman–Crippen MR) is 42.1 cm³/mol. The van der Waals surface area contributed by atoms with Gasteiger partial charge in [-0.1, -0.05) is 0 Å². The first-order chi connectivity index (χ1) is 5.26. The van der Waals surface area contributed by atoms with E-state index in [0.717, 1.165) is 0 Å². The fourth-order valence-corrected chi connectivity index (χ4v) is 0.641. The highest BCUT2D eigenvalue weighted by atomic mass is 16.3. The van der Waals surface area contributed by atoms with Crippen LogP contribution in [0.5, 0.6) is 0 Å². The highest BCUT2D eigenvalue weighted by molar-refractivity contribution is 5.73. The Bertz CT molecular complexity index is 138. The fourth-order valence-electron chi connectivity index (χ4n) is 0.641. The lowest BCUT2D eigenvalue weighted by atomic mass is 10.6. The average molecular weight is 159 g/mol. The molecule has 11 heavy (non-hydrogen) atoms. The van der Waals surface area contributed by atoms with E-state index in [1.165, 1.54) is 4.90 Å². The van der Waals surface area contributed by atoms with E-state index in [1.807, 2.05) is 6.92 Å². The van der Waals surface area contributed by atoms with E-state index in [2.05, 4.69) is 10.5 Å². The summed E-state index contributed by atoms with van der Waals surface area (Å²) in [5.74, 6) is 0. The number of urea groups is 1. The van der Waals surface area contributed by atoms with Gasteiger partial charge in [0.25, 0.3) is 0 Å². The SMILES string of the molecule is CCNC(=O)N(CC)CN=O. The molecule has 0 aromatic rings. The molecule has 0 aliphatic heterocycles. The van der Waals surface area contributed by atoms with Gasteiger partial charge in [-0.2, -0.15) is 0 Å². The fraction of sp³-hybridized carbons (Fsp3) is 0.833. The van der Waals surface area contributed by atoms with Gasteiger partial charge in [0.2, 0.25) is 0 Å². The van der Waals surface area contributed by atoms with Gasteiger partial charge >= 0.3 is 6.03 Å². The van der Waals surface area contributed by atoms with Crippen LogP contribution in [-0.2, 0) is 0 Å². The molecule has 0 aromatic carbocycles. The standard InChI is InChI=1S/C6H13N3O2/c1-3-7-6(10)9(4-2)5-8-11/h3-5H2,1-2H3,(H,7,10). The van der Waals surface area contributed by atoms with E-state index < -0.39 is 0 Å². The highest BCUT2D eigenvalue weighted by Crippen LogP contribution is 1.88. The van der Waals surface area contributed by atoms with Crippen LogP contribution in [0.3, 0.4) is 0 Å². The van der Waals surface area contributed by atoms with Crippen LogP contribution in [0, 0.1) is 4.91 Å². The first-order valence-corrected chi connectivity index (χ1v) is 3.58. The molecule has 0 aromatic heterocycles. The van der Waals surface area contributed by atoms with Crippen molar-refractivity contribution in [2.45, 2.75) is 13.8 Å². The Balaban J connectivity index is 3.80. The molecule has 0 fully saturated rings. The van der Waals surface area contributed by atoms with Gasteiger partial charge in [-0.25, -0.2) is 4.79 Å². The topological polar surface area (TPSA) is 61.8 Å². The normalized spacial score (nSPS) is 8.91. The van der Waals surface area contributed by atoms with Crippen LogP contribution in [0.15, 0.2) is 5.18 Å². The van der Waals surface area contributed by atoms with Gasteiger partial charge in [0, 0.05) is 13.1 Å². The molecule has 0 heterocycles. The Morgan fingerprint density at radius 1 is 1.55 bits per heavy atom. The number of carbonyl (C=O) groups excluding carboxylic acids is 1. The third kappa shape index (κ3) is 3.54. The second-order valence-electron chi connectivity index (χ2n) is 1.96. The maximum Gasteiger partial charge on any atom is 0.318 e. The zero-order valence-electron chi connectivity index (χ0n) is 6.83. The van der Waals surface area contributed by atoms with Crippen LogP contribution in [0.25, 0.3) is 0 Å². The van der Waals surface area contributed by atoms with E-state index in [0.29, 0.717) is 13.1 Å². The summed E-state index contributed by atoms with van der Waals surface area (Å²) in [7, 11) is 0. The summed E-state index contributed by atoms with van der Waals surface area (Å²) < 4.78 is 0. The number of carbonyl (C=O) groups is 1. The molecule has 2 amide bonds. The van der Waals surface area contributed by atoms with Crippen molar-refractivity contribution >= 4 is 6.03 Å². The van der Waals surface area contributed by atoms with Crippen molar-refractivity contribution in [2.75, 3.05) is 19.8 Å². The van der Waals surface area contributed by atoms with Crippen molar-refractivity contribution in [3.8, 4) is 0 Å². The summed E-state index contributed by atoms with van der Waals surface area (Å²) in [5, 5.41) is 5.19. The minimum atomic E-state index is -0.241. The van der Waals surface area contributed by atoms with Gasteiger partial charge in [-0.05, 0) is 19.0 Å². The number of hydrogen-bond donors (Lipinski definition) is 1. The van der Waals surface area contributed by atoms with Gasteiger partial charge < -0.3 is 10.2 Å². The maximum absolute atomic E-state index is 11.0. The highest BCUT2D eigenvalue weighted by Gasteiger charge is 2.08. The smallest absolute Gasteiger partial charge is 0.318 e. The van der Waals surface area contributed by atoms with Gasteiger partial charge in [-0.15, -0.1) is 4.91 Å². The molecule has 0 spiro atoms. The van der Waals surface area contributed by atoms with Crippen molar-refractivity contribution in [1.29, 1.82) is 0 Å². The monoisotopic (exact) mass is 159 g/mol. The number of nitrogens with zero attached hydrogens (tertiary/aromatic N) is 2. The summed E-state index contributed by atoms with van der Waals surface area (Å²) >= 11 is 0. The second kappa shape index (κ2) is 5.64. The third-order valence-corrected chi connectivity index (χ3v) is 1.23. The number of rotatable bonds is 4. The zero-order chi connectivity index (χ0) is 8.69. The Hall–Kier alpha value is -1.13. The number of nitrogens with one attached hydrogen (secondary N) is 1. The molecule has 0 atom stereocenters. The molecule has 64 valence electrons. The van der Waals surface area contributed by atoms with Gasteiger partial charge in [-0.3, -0.25) is 0 Å². The quantitative estimate of drug-likeness (QED) is 0.615. The van der Waals surface area contributed by atoms with E-state index in [9.17, 15) is 9.70 Å². The van der Waals surface area contributed by atoms with E-state index in [4.69, 9.17) is 0 Å². The Labute approximate surface area is 65.7 Å². The van der Waals surface area contributed by atoms with Crippen LogP contribution in [0.1, 0.15) is 13.8 Å². The molecule has 5 nitrogen and oxygen atoms in total. The number of hydrogen-bond acceptors (Lipinski definition) is 3. The van der Waals surface area contributed by atoms with Crippen LogP contribution in [0.2, 0.25) is 0 Å². The Morgan fingerprint density at radius 3 is 2.55 bits per heavy atom. The average Bonchev–Trinajstić information content (AvgIpc) is 2.00. The summed E-state index contributed by atoms with van der Waals surface area (Å²) in [5.41, 5.74) is 0. The molecule has 5 heteroatoms. The molecule has 0 saturated heterocycles. The maximum atomic E-state index is 11.0. The van der Waals surface area contributed by atoms with Crippen molar-refractivity contribution in [1.82, 2.24) is 10.2 Å². The molecule has 0 radical (unpaired) electrons. The molecule has 0 saturated carbocycles. The number of nitroso groups, excluding NO2 is 1. The first kappa shape index (κ1) is 9.87. The summed E-state index contributed by atoms with van der Waals surface area (Å²) in [4.78, 5) is 22.1. The summed E-state index contributed by atoms with van der Waals surface area (Å²) in [6.45, 7) is 4.59. The van der Waals surface area contributed by atoms with E-state index >= 15 is 0 Å². The lowest BCUT2D eigenvalue weighted by Gasteiger charge is -2.16. The Kier molecular flexibility index (Phi) is 5.06. The first-order valence-electron chi connectivity index (χ1n) is 3.58. The minimum Gasteiger partial charge on any atom is -0.338 e. The molecular weight excluding hydrogens is 146 g/mol. The molecular formula is C6H13N3O2. The van der Waals surface area contributed by atoms with Crippen molar-refractivity contribution in [3.05, 3.63) is 4.91 Å². The summed E-state index contributed by atoms with van der Waals surface area (Å²) in [6.07, 6.45) is 0. The van der Waals surface area contributed by atoms with Crippen LogP contribution in [-0.4, -0.2) is 30.7 Å². The Morgan fingerprint density at radius 2 is 2.18 bits per heavy atom. The largest absolute Gasteiger partial charge is 0.338 e. The lowest BCUT2D eigenvalue weighted by molar-refractivity contribution is 0.202. The molecule has 0 aliphatic carbocycles. The van der Waals surface area contributed by atoms with Crippen LogP contribution in [0.4, 0.5) is 4.79 Å². The van der Waals surface area contributed by atoms with Crippen molar-refractivity contribution < 1.29 is 4.79 Å². The zero-order valence-corrected chi connectivity index (χ0v) is 6.83. The van der Waals surface area contributed by atoms with Gasteiger partial charge in [0.1, 0.15) is 0 Å². The van der Waals surface area contributed by atoms with Crippen molar-refractivity contribution in [3.63, 3.8) is 0 Å². The van der Waals surface area contributed by atoms with E-state index in [-0.39, 0.29) is 12.7 Å². The third-order valence-electron chi connectivity index (χ3n) is 1.23. The van der Waals surface area contributed by atoms with Gasteiger partial charge in [0.15, 0.2) is 6.67 Å². The molecule has 0 aliphatic rings. The molecule has 1 N–H and O–H groups in total. The van der Waals surface area contributed by atoms with Gasteiger partial charge in [0.05, 0.1) is 0 Å². The van der Waals surface area contributed by atoms with E-state index in [1.54, 1.807) is 6.92 Å². The predicted octanol–water partition coefficient (Wildman–Crippen LogP) is 0.762. The molecule has 0 bridgehead atoms. The second-order valence-corrected chi connectivity index (χ2v) is 1.96. The minimum absolute atomic E-state index is 0.0810. The van der Waals surface area contributed by atoms with Crippen molar-refractivity contribution in [2.24, 2.45) is 5.18 Å². The van der Waals surface area contributed by atoms with Crippen LogP contribution < -0.4 is 5.32 Å². The molecule has 0 rings (SSSR count). The van der Waals surface area contributed by atoms with Crippen LogP contribution >= 0.6 is 0 Å².